The number of methoxy groups -OCH3 is 1. The SMILES string of the molecule is COc1ccc(NC(=O)Nc2nc(C(=O)OC(=O)c3nc(NC(=O)Nc4ccc(C(F)(F)F)cc4C(=O)C4CCCC4)sc3Sc3ncc[nH]3)c(Sc3ncc[nH]3)s2)c(C(=O)C2CCCC2)c1. The molecule has 348 valence electrons. The third-order valence-electron chi connectivity index (χ3n) is 10.6. The van der Waals surface area contributed by atoms with Crippen LogP contribution in [-0.2, 0) is 10.9 Å². The number of carbonyl (C=O) groups excluding carboxylic acids is 6. The van der Waals surface area contributed by atoms with Crippen LogP contribution >= 0.6 is 46.2 Å². The minimum absolute atomic E-state index is 0.0792. The Labute approximate surface area is 394 Å². The molecule has 25 heteroatoms. The van der Waals surface area contributed by atoms with Gasteiger partial charge in [0, 0.05) is 47.8 Å². The minimum Gasteiger partial charge on any atom is -0.497 e. The molecule has 4 aromatic heterocycles. The number of urea groups is 2. The molecular formula is C42H37F3N10O8S4. The number of carbonyl (C=O) groups is 6. The first kappa shape index (κ1) is 46.9. The number of aromatic amines is 2. The highest BCUT2D eigenvalue weighted by atomic mass is 32.2. The van der Waals surface area contributed by atoms with Gasteiger partial charge in [0.25, 0.3) is 0 Å². The van der Waals surface area contributed by atoms with Crippen LogP contribution in [0.5, 0.6) is 5.75 Å². The molecule has 2 fully saturated rings. The van der Waals surface area contributed by atoms with Gasteiger partial charge in [-0.25, -0.2) is 39.1 Å². The number of ether oxygens (including phenoxy) is 2. The van der Waals surface area contributed by atoms with E-state index in [1.807, 2.05) is 0 Å². The van der Waals surface area contributed by atoms with Crippen LogP contribution in [0.4, 0.5) is 44.4 Å². The van der Waals surface area contributed by atoms with Crippen molar-refractivity contribution < 1.29 is 51.4 Å². The highest BCUT2D eigenvalue weighted by Crippen LogP contribution is 2.40. The number of halogens is 3. The predicted molar refractivity (Wildman–Crippen MR) is 242 cm³/mol. The van der Waals surface area contributed by atoms with Gasteiger partial charge < -0.3 is 30.1 Å². The molecule has 6 N–H and O–H groups in total. The van der Waals surface area contributed by atoms with E-state index in [1.54, 1.807) is 24.4 Å². The Balaban J connectivity index is 1.01. The van der Waals surface area contributed by atoms with Crippen molar-refractivity contribution in [2.75, 3.05) is 28.4 Å². The van der Waals surface area contributed by atoms with Gasteiger partial charge in [-0.1, -0.05) is 48.4 Å². The number of anilines is 4. The van der Waals surface area contributed by atoms with E-state index < -0.39 is 53.1 Å². The fraction of sp³-hybridized carbons (Fsp3) is 0.286. The molecule has 0 bridgehead atoms. The Kier molecular flexibility index (Phi) is 14.4. The van der Waals surface area contributed by atoms with E-state index in [9.17, 15) is 41.9 Å². The van der Waals surface area contributed by atoms with Crippen LogP contribution in [-0.4, -0.2) is 72.6 Å². The van der Waals surface area contributed by atoms with E-state index in [-0.39, 0.29) is 58.6 Å². The Bertz CT molecular complexity index is 2820. The van der Waals surface area contributed by atoms with Crippen molar-refractivity contribution in [2.24, 2.45) is 11.8 Å². The second-order valence-corrected chi connectivity index (χ2v) is 19.5. The van der Waals surface area contributed by atoms with Crippen molar-refractivity contribution in [1.29, 1.82) is 0 Å². The molecule has 0 radical (unpaired) electrons. The number of ketones is 2. The van der Waals surface area contributed by atoms with Crippen molar-refractivity contribution in [3.63, 3.8) is 0 Å². The number of nitrogens with zero attached hydrogens (tertiary/aromatic N) is 4. The Morgan fingerprint density at radius 1 is 0.672 bits per heavy atom. The molecule has 2 aromatic carbocycles. The molecule has 0 atom stereocenters. The summed E-state index contributed by atoms with van der Waals surface area (Å²) in [6.07, 6.45) is 7.09. The molecule has 0 aliphatic heterocycles. The molecule has 4 heterocycles. The summed E-state index contributed by atoms with van der Waals surface area (Å²) in [7, 11) is 1.47. The number of aromatic nitrogens is 6. The fourth-order valence-corrected chi connectivity index (χ4v) is 11.3. The zero-order valence-electron chi connectivity index (χ0n) is 34.9. The van der Waals surface area contributed by atoms with Crippen molar-refractivity contribution in [1.82, 2.24) is 29.9 Å². The van der Waals surface area contributed by atoms with E-state index in [2.05, 4.69) is 51.2 Å². The van der Waals surface area contributed by atoms with Gasteiger partial charge in [0.05, 0.1) is 24.0 Å². The molecule has 0 saturated heterocycles. The fourth-order valence-electron chi connectivity index (χ4n) is 7.40. The van der Waals surface area contributed by atoms with Crippen LogP contribution < -0.4 is 26.0 Å². The number of nitrogens with one attached hydrogen (secondary N) is 6. The van der Waals surface area contributed by atoms with Crippen LogP contribution in [0.1, 0.15) is 98.6 Å². The maximum absolute atomic E-state index is 13.8. The van der Waals surface area contributed by atoms with Gasteiger partial charge in [-0.15, -0.1) is 0 Å². The highest BCUT2D eigenvalue weighted by molar-refractivity contribution is 8.01. The average Bonchev–Trinajstić information content (AvgIpc) is 4.16. The van der Waals surface area contributed by atoms with E-state index in [0.717, 1.165) is 103 Å². The predicted octanol–water partition coefficient (Wildman–Crippen LogP) is 10.4. The summed E-state index contributed by atoms with van der Waals surface area (Å²) >= 11 is 3.55. The molecule has 4 amide bonds. The zero-order chi connectivity index (χ0) is 47.2. The monoisotopic (exact) mass is 994 g/mol. The number of thiazole rings is 2. The van der Waals surface area contributed by atoms with E-state index in [4.69, 9.17) is 9.47 Å². The van der Waals surface area contributed by atoms with Gasteiger partial charge in [-0.05, 0) is 85.6 Å². The van der Waals surface area contributed by atoms with Crippen LogP contribution in [0.3, 0.4) is 0 Å². The molecule has 67 heavy (non-hydrogen) atoms. The van der Waals surface area contributed by atoms with E-state index >= 15 is 0 Å². The van der Waals surface area contributed by atoms with E-state index in [0.29, 0.717) is 28.9 Å². The number of amides is 4. The average molecular weight is 995 g/mol. The zero-order valence-corrected chi connectivity index (χ0v) is 38.2. The summed E-state index contributed by atoms with van der Waals surface area (Å²) in [6.45, 7) is 0. The molecule has 8 rings (SSSR count). The quantitative estimate of drug-likeness (QED) is 0.0318. The maximum Gasteiger partial charge on any atom is 0.416 e. The number of esters is 2. The number of alkyl halides is 3. The summed E-state index contributed by atoms with van der Waals surface area (Å²) in [5.41, 5.74) is -1.78. The molecule has 18 nitrogen and oxygen atoms in total. The van der Waals surface area contributed by atoms with Gasteiger partial charge in [0.15, 0.2) is 43.5 Å². The second-order valence-electron chi connectivity index (χ2n) is 15.0. The normalized spacial score (nSPS) is 14.1. The Morgan fingerprint density at radius 3 is 1.57 bits per heavy atom. The number of hydrogen-bond acceptors (Lipinski definition) is 16. The van der Waals surface area contributed by atoms with Gasteiger partial charge in [-0.2, -0.15) is 13.2 Å². The first-order valence-electron chi connectivity index (χ1n) is 20.5. The van der Waals surface area contributed by atoms with Crippen LogP contribution in [0.15, 0.2) is 79.9 Å². The van der Waals surface area contributed by atoms with Gasteiger partial charge in [-0.3, -0.25) is 20.2 Å². The molecule has 0 spiro atoms. The lowest BCUT2D eigenvalue weighted by Gasteiger charge is -2.16. The second kappa shape index (κ2) is 20.5. The molecule has 2 aliphatic rings. The van der Waals surface area contributed by atoms with Crippen LogP contribution in [0.2, 0.25) is 0 Å². The topological polar surface area (TPSA) is 252 Å². The minimum atomic E-state index is -4.74. The Hall–Kier alpha value is -6.57. The summed E-state index contributed by atoms with van der Waals surface area (Å²) in [5.74, 6) is -3.39. The number of hydrogen-bond donors (Lipinski definition) is 6. The number of rotatable bonds is 15. The number of H-pyrrole nitrogens is 2. The molecular weight excluding hydrogens is 958 g/mol. The highest BCUT2D eigenvalue weighted by Gasteiger charge is 2.35. The first-order chi connectivity index (χ1) is 32.2. The molecule has 0 unspecified atom stereocenters. The summed E-state index contributed by atoms with van der Waals surface area (Å²) in [4.78, 5) is 104. The maximum atomic E-state index is 13.8. The van der Waals surface area contributed by atoms with Crippen molar-refractivity contribution in [3.05, 3.63) is 89.3 Å². The van der Waals surface area contributed by atoms with Gasteiger partial charge in [0.2, 0.25) is 0 Å². The van der Waals surface area contributed by atoms with Crippen molar-refractivity contribution >= 4 is 103 Å². The standard InChI is InChI=1S/C42H37F3N10O8S4/c1-62-23-11-13-27(25(19-23)31(57)21-8-4-5-9-21)51-37(61)55-41-53-29(35(67-41)65-39-48-16-17-49-39)33(59)63-32(58)28-34(64-38-46-14-15-47-38)66-40(52-28)54-36(60)50-26-12-10-22(42(43,44)45)18-24(26)30(56)20-6-2-3-7-20/h10-21H,2-9H2,1H3,(H,46,47)(H,48,49)(H2,50,52,54,60)(H2,51,53,55,61). The number of Topliss-reactive ketones (excluding diaryl/α,β-unsaturated/α-hetero) is 2. The van der Waals surface area contributed by atoms with Crippen LogP contribution in [0.25, 0.3) is 0 Å². The van der Waals surface area contributed by atoms with Crippen molar-refractivity contribution in [2.45, 2.75) is 76.3 Å². The third-order valence-corrected chi connectivity index (χ3v) is 14.7. The van der Waals surface area contributed by atoms with Gasteiger partial charge >= 0.3 is 30.2 Å². The third kappa shape index (κ3) is 11.3. The van der Waals surface area contributed by atoms with E-state index in [1.165, 1.54) is 25.7 Å². The first-order valence-corrected chi connectivity index (χ1v) is 23.7. The summed E-state index contributed by atoms with van der Waals surface area (Å²) < 4.78 is 52.0. The molecule has 2 saturated carbocycles. The van der Waals surface area contributed by atoms with Crippen molar-refractivity contribution in [3.8, 4) is 5.75 Å². The van der Waals surface area contributed by atoms with Crippen LogP contribution in [0, 0.1) is 11.8 Å². The lowest BCUT2D eigenvalue weighted by molar-refractivity contribution is -0.137. The molecule has 2 aliphatic carbocycles. The Morgan fingerprint density at radius 2 is 1.13 bits per heavy atom. The molecule has 6 aromatic rings. The number of imidazole rings is 2. The lowest BCUT2D eigenvalue weighted by atomic mass is 9.93. The lowest BCUT2D eigenvalue weighted by Crippen LogP contribution is -2.23. The summed E-state index contributed by atoms with van der Waals surface area (Å²) in [6, 6.07) is 5.41. The van der Waals surface area contributed by atoms with Gasteiger partial charge in [0.1, 0.15) is 14.2 Å². The smallest absolute Gasteiger partial charge is 0.416 e. The largest absolute Gasteiger partial charge is 0.497 e. The number of benzene rings is 2. The summed E-state index contributed by atoms with van der Waals surface area (Å²) in [5, 5.41) is 10.5.